The van der Waals surface area contributed by atoms with Crippen LogP contribution in [-0.4, -0.2) is 88.9 Å². The minimum Gasteiger partial charge on any atom is -0.377 e. The van der Waals surface area contributed by atoms with Gasteiger partial charge in [0.25, 0.3) is 0 Å². The zero-order valence-electron chi connectivity index (χ0n) is 15.8. The van der Waals surface area contributed by atoms with Crippen molar-refractivity contribution < 1.29 is 5.11 Å². The van der Waals surface area contributed by atoms with Crippen molar-refractivity contribution in [3.05, 3.63) is 5.82 Å². The van der Waals surface area contributed by atoms with Crippen molar-refractivity contribution in [3.63, 3.8) is 0 Å². The van der Waals surface area contributed by atoms with Gasteiger partial charge in [0.2, 0.25) is 5.13 Å². The Morgan fingerprint density at radius 2 is 1.96 bits per heavy atom. The standard InChI is InChI=1S/C18H32N6OS/c1-14-20-18(26-21-14)24-10-8-22(9-11-24)7-4-15-12-16(19-13-15)17(25)23-5-2-3-6-23/h15-17,19,25H,2-13H2,1H3/t15-,16-,17?/m0/s1. The molecule has 1 unspecified atom stereocenters. The van der Waals surface area contributed by atoms with E-state index in [2.05, 4.69) is 29.4 Å². The molecule has 4 heterocycles. The minimum absolute atomic E-state index is 0.260. The first kappa shape index (κ1) is 18.6. The summed E-state index contributed by atoms with van der Waals surface area (Å²) in [5.41, 5.74) is 0. The van der Waals surface area contributed by atoms with Crippen LogP contribution in [-0.2, 0) is 0 Å². The van der Waals surface area contributed by atoms with Crippen LogP contribution in [0.2, 0.25) is 0 Å². The first-order valence-electron chi connectivity index (χ1n) is 10.1. The normalized spacial score (nSPS) is 29.5. The maximum absolute atomic E-state index is 10.6. The van der Waals surface area contributed by atoms with Crippen molar-refractivity contribution in [2.75, 3.05) is 57.3 Å². The monoisotopic (exact) mass is 380 g/mol. The number of likely N-dealkylation sites (tertiary alicyclic amines) is 1. The van der Waals surface area contributed by atoms with Crippen LogP contribution in [0.3, 0.4) is 0 Å². The van der Waals surface area contributed by atoms with Gasteiger partial charge in [0, 0.05) is 56.8 Å². The zero-order valence-corrected chi connectivity index (χ0v) is 16.6. The van der Waals surface area contributed by atoms with Crippen LogP contribution < -0.4 is 10.2 Å². The first-order valence-corrected chi connectivity index (χ1v) is 10.9. The van der Waals surface area contributed by atoms with Gasteiger partial charge < -0.3 is 15.3 Å². The van der Waals surface area contributed by atoms with Gasteiger partial charge >= 0.3 is 0 Å². The van der Waals surface area contributed by atoms with Gasteiger partial charge in [-0.15, -0.1) is 0 Å². The fraction of sp³-hybridized carbons (Fsp3) is 0.889. The summed E-state index contributed by atoms with van der Waals surface area (Å²) >= 11 is 1.51. The number of hydrogen-bond donors (Lipinski definition) is 2. The molecule has 0 saturated carbocycles. The highest BCUT2D eigenvalue weighted by atomic mass is 32.1. The van der Waals surface area contributed by atoms with E-state index in [1.807, 2.05) is 6.92 Å². The zero-order chi connectivity index (χ0) is 17.9. The highest BCUT2D eigenvalue weighted by Gasteiger charge is 2.33. The van der Waals surface area contributed by atoms with Gasteiger partial charge in [0.15, 0.2) is 0 Å². The van der Waals surface area contributed by atoms with Crippen molar-refractivity contribution in [2.24, 2.45) is 5.92 Å². The Kier molecular flexibility index (Phi) is 6.05. The number of piperazine rings is 1. The van der Waals surface area contributed by atoms with Crippen molar-refractivity contribution >= 4 is 16.7 Å². The van der Waals surface area contributed by atoms with Crippen molar-refractivity contribution in [3.8, 4) is 0 Å². The Balaban J connectivity index is 1.16. The van der Waals surface area contributed by atoms with Crippen LogP contribution in [0.1, 0.15) is 31.5 Å². The maximum atomic E-state index is 10.6. The van der Waals surface area contributed by atoms with E-state index in [1.165, 1.54) is 37.3 Å². The molecule has 0 aromatic carbocycles. The largest absolute Gasteiger partial charge is 0.377 e. The molecule has 0 amide bonds. The molecule has 8 heteroatoms. The molecule has 3 saturated heterocycles. The Labute approximate surface area is 160 Å². The van der Waals surface area contributed by atoms with E-state index < -0.39 is 0 Å². The number of rotatable bonds is 6. The molecule has 3 aliphatic rings. The van der Waals surface area contributed by atoms with Crippen LogP contribution >= 0.6 is 11.5 Å². The molecule has 3 fully saturated rings. The third kappa shape index (κ3) is 4.36. The van der Waals surface area contributed by atoms with Gasteiger partial charge in [-0.05, 0) is 51.6 Å². The molecular formula is C18H32N6OS. The summed E-state index contributed by atoms with van der Waals surface area (Å²) in [6.45, 7) is 10.6. The maximum Gasteiger partial charge on any atom is 0.205 e. The fourth-order valence-corrected chi connectivity index (χ4v) is 5.22. The molecule has 26 heavy (non-hydrogen) atoms. The average Bonchev–Trinajstić information content (AvgIpc) is 3.41. The third-order valence-electron chi connectivity index (χ3n) is 6.14. The number of nitrogens with one attached hydrogen (secondary N) is 1. The molecular weight excluding hydrogens is 348 g/mol. The molecule has 0 spiro atoms. The van der Waals surface area contributed by atoms with Crippen LogP contribution in [0, 0.1) is 12.8 Å². The predicted molar refractivity (Wildman–Crippen MR) is 105 cm³/mol. The van der Waals surface area contributed by atoms with Crippen molar-refractivity contribution in [2.45, 2.75) is 44.9 Å². The van der Waals surface area contributed by atoms with Gasteiger partial charge in [0.05, 0.1) is 0 Å². The summed E-state index contributed by atoms with van der Waals surface area (Å²) in [6.07, 6.45) is 4.52. The lowest BCUT2D eigenvalue weighted by molar-refractivity contribution is -0.00589. The number of nitrogens with zero attached hydrogens (tertiary/aromatic N) is 5. The molecule has 4 rings (SSSR count). The number of aromatic nitrogens is 2. The Morgan fingerprint density at radius 1 is 1.19 bits per heavy atom. The molecule has 146 valence electrons. The van der Waals surface area contributed by atoms with Crippen molar-refractivity contribution in [1.29, 1.82) is 0 Å². The summed E-state index contributed by atoms with van der Waals surface area (Å²) in [5.74, 6) is 1.58. The number of anilines is 1. The van der Waals surface area contributed by atoms with E-state index in [0.717, 1.165) is 63.2 Å². The SMILES string of the molecule is Cc1nsc(N2CCN(CC[C@@H]3CN[C@H](C(O)N4CCCC4)C3)CC2)n1. The molecule has 1 aromatic heterocycles. The number of aliphatic hydroxyl groups excluding tert-OH is 1. The lowest BCUT2D eigenvalue weighted by Crippen LogP contribution is -2.47. The van der Waals surface area contributed by atoms with Crippen LogP contribution in [0.15, 0.2) is 0 Å². The van der Waals surface area contributed by atoms with E-state index in [1.54, 1.807) is 0 Å². The molecule has 7 nitrogen and oxygen atoms in total. The smallest absolute Gasteiger partial charge is 0.205 e. The molecule has 3 atom stereocenters. The summed E-state index contributed by atoms with van der Waals surface area (Å²) in [7, 11) is 0. The second-order valence-electron chi connectivity index (χ2n) is 8.01. The highest BCUT2D eigenvalue weighted by Crippen LogP contribution is 2.24. The van der Waals surface area contributed by atoms with Crippen LogP contribution in [0.25, 0.3) is 0 Å². The summed E-state index contributed by atoms with van der Waals surface area (Å²) in [6, 6.07) is 0.260. The summed E-state index contributed by atoms with van der Waals surface area (Å²) < 4.78 is 4.29. The van der Waals surface area contributed by atoms with E-state index in [0.29, 0.717) is 5.92 Å². The van der Waals surface area contributed by atoms with E-state index in [9.17, 15) is 5.11 Å². The third-order valence-corrected chi connectivity index (χ3v) is 7.01. The van der Waals surface area contributed by atoms with Gasteiger partial charge in [-0.3, -0.25) is 9.80 Å². The molecule has 3 aliphatic heterocycles. The molecule has 0 radical (unpaired) electrons. The van der Waals surface area contributed by atoms with Crippen LogP contribution in [0.4, 0.5) is 5.13 Å². The van der Waals surface area contributed by atoms with Gasteiger partial charge in [-0.25, -0.2) is 4.98 Å². The Hall–Kier alpha value is -0.800. The van der Waals surface area contributed by atoms with E-state index in [4.69, 9.17) is 0 Å². The van der Waals surface area contributed by atoms with Gasteiger partial charge in [-0.1, -0.05) is 0 Å². The van der Waals surface area contributed by atoms with Crippen LogP contribution in [0.5, 0.6) is 0 Å². The highest BCUT2D eigenvalue weighted by molar-refractivity contribution is 7.09. The first-order chi connectivity index (χ1) is 12.7. The topological polar surface area (TPSA) is 67.8 Å². The fourth-order valence-electron chi connectivity index (χ4n) is 4.49. The Bertz CT molecular complexity index is 570. The second kappa shape index (κ2) is 8.48. The molecule has 0 bridgehead atoms. The summed E-state index contributed by atoms with van der Waals surface area (Å²) in [5, 5.41) is 15.2. The molecule has 2 N–H and O–H groups in total. The number of aliphatic hydroxyl groups is 1. The summed E-state index contributed by atoms with van der Waals surface area (Å²) in [4.78, 5) is 11.7. The minimum atomic E-state index is -0.290. The van der Waals surface area contributed by atoms with E-state index >= 15 is 0 Å². The lowest BCUT2D eigenvalue weighted by atomic mass is 10.0. The van der Waals surface area contributed by atoms with E-state index in [-0.39, 0.29) is 12.3 Å². The Morgan fingerprint density at radius 3 is 2.65 bits per heavy atom. The molecule has 1 aromatic rings. The number of hydrogen-bond acceptors (Lipinski definition) is 8. The number of aryl methyl sites for hydroxylation is 1. The van der Waals surface area contributed by atoms with Gasteiger partial charge in [0.1, 0.15) is 12.1 Å². The average molecular weight is 381 g/mol. The second-order valence-corrected chi connectivity index (χ2v) is 8.74. The van der Waals surface area contributed by atoms with Gasteiger partial charge in [-0.2, -0.15) is 4.37 Å². The predicted octanol–water partition coefficient (Wildman–Crippen LogP) is 0.751. The molecule has 0 aliphatic carbocycles. The van der Waals surface area contributed by atoms with Crippen molar-refractivity contribution in [1.82, 2.24) is 24.5 Å². The quantitative estimate of drug-likeness (QED) is 0.755. The lowest BCUT2D eigenvalue weighted by Gasteiger charge is -2.34.